The summed E-state index contributed by atoms with van der Waals surface area (Å²) in [6, 6.07) is 4.17. The fourth-order valence-electron chi connectivity index (χ4n) is 1.87. The summed E-state index contributed by atoms with van der Waals surface area (Å²) >= 11 is 0. The maximum Gasteiger partial charge on any atom is 0.0552 e. The summed E-state index contributed by atoms with van der Waals surface area (Å²) in [6.45, 7) is 2.40. The number of hydrogen-bond donors (Lipinski definition) is 0. The molecule has 1 saturated heterocycles. The van der Waals surface area contributed by atoms with Crippen LogP contribution in [0, 0.1) is 0 Å². The average molecular weight is 176 g/mol. The van der Waals surface area contributed by atoms with Gasteiger partial charge in [0.2, 0.25) is 0 Å². The second-order valence-corrected chi connectivity index (χ2v) is 3.61. The van der Waals surface area contributed by atoms with Crippen LogP contribution in [0.15, 0.2) is 24.5 Å². The van der Waals surface area contributed by atoms with E-state index in [0.29, 0.717) is 0 Å². The van der Waals surface area contributed by atoms with Crippen molar-refractivity contribution in [3.05, 3.63) is 24.5 Å². The summed E-state index contributed by atoms with van der Waals surface area (Å²) < 4.78 is 0. The standard InChI is InChI=1S/C11H16N2/c1-2-4-9-13(8-3-1)11-6-5-7-12-10-11/h5-7,10H,1-4,8-9H2. The summed E-state index contributed by atoms with van der Waals surface area (Å²) in [7, 11) is 0. The lowest BCUT2D eigenvalue weighted by atomic mass is 10.2. The SMILES string of the molecule is c1cncc(N2CCCCCC2)c1. The van der Waals surface area contributed by atoms with Gasteiger partial charge in [0, 0.05) is 19.3 Å². The van der Waals surface area contributed by atoms with E-state index in [1.165, 1.54) is 44.5 Å². The van der Waals surface area contributed by atoms with E-state index in [1.807, 2.05) is 18.5 Å². The Labute approximate surface area is 79.6 Å². The van der Waals surface area contributed by atoms with Gasteiger partial charge in [-0.25, -0.2) is 0 Å². The van der Waals surface area contributed by atoms with E-state index in [2.05, 4.69) is 16.0 Å². The van der Waals surface area contributed by atoms with Crippen LogP contribution in [-0.2, 0) is 0 Å². The van der Waals surface area contributed by atoms with Gasteiger partial charge in [-0.2, -0.15) is 0 Å². The van der Waals surface area contributed by atoms with E-state index in [-0.39, 0.29) is 0 Å². The first-order valence-corrected chi connectivity index (χ1v) is 5.12. The second-order valence-electron chi connectivity index (χ2n) is 3.61. The van der Waals surface area contributed by atoms with E-state index in [9.17, 15) is 0 Å². The lowest BCUT2D eigenvalue weighted by molar-refractivity contribution is 0.726. The molecule has 0 N–H and O–H groups in total. The van der Waals surface area contributed by atoms with Crippen molar-refractivity contribution in [3.8, 4) is 0 Å². The first-order chi connectivity index (χ1) is 6.47. The van der Waals surface area contributed by atoms with E-state index in [1.54, 1.807) is 0 Å². The topological polar surface area (TPSA) is 16.1 Å². The van der Waals surface area contributed by atoms with Gasteiger partial charge in [0.15, 0.2) is 0 Å². The third-order valence-corrected chi connectivity index (χ3v) is 2.62. The number of anilines is 1. The van der Waals surface area contributed by atoms with Crippen molar-refractivity contribution >= 4 is 5.69 Å². The number of nitrogens with zero attached hydrogens (tertiary/aromatic N) is 2. The molecule has 1 fully saturated rings. The van der Waals surface area contributed by atoms with E-state index < -0.39 is 0 Å². The number of aromatic nitrogens is 1. The fraction of sp³-hybridized carbons (Fsp3) is 0.545. The van der Waals surface area contributed by atoms with Crippen LogP contribution in [0.2, 0.25) is 0 Å². The Morgan fingerprint density at radius 2 is 1.85 bits per heavy atom. The molecule has 1 aliphatic heterocycles. The first kappa shape index (κ1) is 8.54. The van der Waals surface area contributed by atoms with Crippen molar-refractivity contribution in [3.63, 3.8) is 0 Å². The molecule has 1 aliphatic rings. The molecule has 1 aromatic heterocycles. The van der Waals surface area contributed by atoms with E-state index >= 15 is 0 Å². The third kappa shape index (κ3) is 2.20. The van der Waals surface area contributed by atoms with Crippen LogP contribution in [0.5, 0.6) is 0 Å². The van der Waals surface area contributed by atoms with Gasteiger partial charge in [0.1, 0.15) is 0 Å². The van der Waals surface area contributed by atoms with Crippen molar-refractivity contribution in [1.82, 2.24) is 4.98 Å². The van der Waals surface area contributed by atoms with Crippen molar-refractivity contribution < 1.29 is 0 Å². The van der Waals surface area contributed by atoms with E-state index in [0.717, 1.165) is 0 Å². The van der Waals surface area contributed by atoms with Gasteiger partial charge in [-0.05, 0) is 25.0 Å². The highest BCUT2D eigenvalue weighted by Crippen LogP contribution is 2.17. The minimum Gasteiger partial charge on any atom is -0.370 e. The highest BCUT2D eigenvalue weighted by atomic mass is 15.1. The maximum absolute atomic E-state index is 4.15. The third-order valence-electron chi connectivity index (χ3n) is 2.62. The summed E-state index contributed by atoms with van der Waals surface area (Å²) in [5.41, 5.74) is 1.28. The quantitative estimate of drug-likeness (QED) is 0.653. The van der Waals surface area contributed by atoms with Crippen LogP contribution >= 0.6 is 0 Å². The normalized spacial score (nSPS) is 18.3. The van der Waals surface area contributed by atoms with Gasteiger partial charge in [-0.1, -0.05) is 12.8 Å². The molecular weight excluding hydrogens is 160 g/mol. The van der Waals surface area contributed by atoms with Crippen LogP contribution in [0.25, 0.3) is 0 Å². The minimum absolute atomic E-state index is 1.20. The van der Waals surface area contributed by atoms with Crippen LogP contribution < -0.4 is 4.90 Å². The maximum atomic E-state index is 4.15. The van der Waals surface area contributed by atoms with Gasteiger partial charge in [0.25, 0.3) is 0 Å². The molecule has 2 heteroatoms. The molecule has 0 aromatic carbocycles. The van der Waals surface area contributed by atoms with Gasteiger partial charge < -0.3 is 4.90 Å². The highest BCUT2D eigenvalue weighted by molar-refractivity contribution is 5.43. The molecule has 0 spiro atoms. The lowest BCUT2D eigenvalue weighted by Gasteiger charge is -2.21. The zero-order valence-electron chi connectivity index (χ0n) is 7.95. The predicted molar refractivity (Wildman–Crippen MR) is 54.9 cm³/mol. The summed E-state index contributed by atoms with van der Waals surface area (Å²) in [4.78, 5) is 6.59. The molecule has 2 rings (SSSR count). The zero-order chi connectivity index (χ0) is 8.93. The molecule has 13 heavy (non-hydrogen) atoms. The van der Waals surface area contributed by atoms with Crippen LogP contribution in [0.3, 0.4) is 0 Å². The second kappa shape index (κ2) is 4.26. The molecule has 70 valence electrons. The minimum atomic E-state index is 1.20. The molecule has 0 saturated carbocycles. The van der Waals surface area contributed by atoms with Crippen molar-refractivity contribution in [1.29, 1.82) is 0 Å². The Morgan fingerprint density at radius 1 is 1.08 bits per heavy atom. The predicted octanol–water partition coefficient (Wildman–Crippen LogP) is 2.46. The van der Waals surface area contributed by atoms with Gasteiger partial charge in [0.05, 0.1) is 11.9 Å². The van der Waals surface area contributed by atoms with E-state index in [4.69, 9.17) is 0 Å². The molecule has 2 heterocycles. The summed E-state index contributed by atoms with van der Waals surface area (Å²) in [6.07, 6.45) is 9.23. The zero-order valence-corrected chi connectivity index (χ0v) is 7.95. The number of pyridine rings is 1. The van der Waals surface area contributed by atoms with Gasteiger partial charge >= 0.3 is 0 Å². The fourth-order valence-corrected chi connectivity index (χ4v) is 1.87. The molecule has 0 radical (unpaired) electrons. The molecule has 1 aromatic rings. The molecule has 0 atom stereocenters. The lowest BCUT2D eigenvalue weighted by Crippen LogP contribution is -2.23. The highest BCUT2D eigenvalue weighted by Gasteiger charge is 2.08. The molecule has 0 amide bonds. The van der Waals surface area contributed by atoms with Gasteiger partial charge in [-0.3, -0.25) is 4.98 Å². The molecule has 0 unspecified atom stereocenters. The average Bonchev–Trinajstić information content (AvgIpc) is 2.47. The Balaban J connectivity index is 2.06. The molecular formula is C11H16N2. The molecule has 2 nitrogen and oxygen atoms in total. The van der Waals surface area contributed by atoms with Crippen molar-refractivity contribution in [2.75, 3.05) is 18.0 Å². The molecule has 0 bridgehead atoms. The Hall–Kier alpha value is -1.05. The smallest absolute Gasteiger partial charge is 0.0552 e. The summed E-state index contributed by atoms with van der Waals surface area (Å²) in [5, 5.41) is 0. The van der Waals surface area contributed by atoms with Crippen LogP contribution in [0.4, 0.5) is 5.69 Å². The summed E-state index contributed by atoms with van der Waals surface area (Å²) in [5.74, 6) is 0. The Kier molecular flexibility index (Phi) is 2.80. The largest absolute Gasteiger partial charge is 0.370 e. The number of hydrogen-bond acceptors (Lipinski definition) is 2. The van der Waals surface area contributed by atoms with Crippen molar-refractivity contribution in [2.24, 2.45) is 0 Å². The first-order valence-electron chi connectivity index (χ1n) is 5.12. The number of rotatable bonds is 1. The van der Waals surface area contributed by atoms with Crippen molar-refractivity contribution in [2.45, 2.75) is 25.7 Å². The Bertz CT molecular complexity index is 238. The van der Waals surface area contributed by atoms with Crippen LogP contribution in [-0.4, -0.2) is 18.1 Å². The Morgan fingerprint density at radius 3 is 2.46 bits per heavy atom. The van der Waals surface area contributed by atoms with Crippen LogP contribution in [0.1, 0.15) is 25.7 Å². The monoisotopic (exact) mass is 176 g/mol. The van der Waals surface area contributed by atoms with Gasteiger partial charge in [-0.15, -0.1) is 0 Å². The molecule has 0 aliphatic carbocycles.